The van der Waals surface area contributed by atoms with Crippen molar-refractivity contribution in [3.05, 3.63) is 36.2 Å². The fraction of sp³-hybridized carbons (Fsp3) is 0.364. The molecule has 0 aliphatic rings. The number of hydrogen-bond acceptors (Lipinski definition) is 5. The lowest BCUT2D eigenvalue weighted by Gasteiger charge is -2.09. The van der Waals surface area contributed by atoms with Crippen molar-refractivity contribution in [2.75, 3.05) is 13.2 Å². The third-order valence-corrected chi connectivity index (χ3v) is 2.29. The van der Waals surface area contributed by atoms with Gasteiger partial charge in [-0.2, -0.15) is 4.80 Å². The third-order valence-electron chi connectivity index (χ3n) is 2.29. The summed E-state index contributed by atoms with van der Waals surface area (Å²) in [5.41, 5.74) is 1.07. The molecule has 0 unspecified atom stereocenters. The molecule has 0 radical (unpaired) electrons. The van der Waals surface area contributed by atoms with Crippen LogP contribution in [0.25, 0.3) is 0 Å². The van der Waals surface area contributed by atoms with Crippen LogP contribution in [0.1, 0.15) is 5.56 Å². The molecule has 2 aromatic rings. The summed E-state index contributed by atoms with van der Waals surface area (Å²) in [6.45, 7) is 0.969. The molecule has 2 rings (SSSR count). The minimum absolute atomic E-state index is 0.0129. The Morgan fingerprint density at radius 3 is 2.94 bits per heavy atom. The van der Waals surface area contributed by atoms with Crippen LogP contribution in [0.5, 0.6) is 5.75 Å². The maximum absolute atomic E-state index is 8.74. The SMILES string of the molecule is OCCOc1ccccc1CCn1ncnn1. The van der Waals surface area contributed by atoms with Crippen LogP contribution >= 0.6 is 0 Å². The van der Waals surface area contributed by atoms with E-state index in [1.165, 1.54) is 11.1 Å². The molecule has 0 aliphatic carbocycles. The Hall–Kier alpha value is -1.95. The summed E-state index contributed by atoms with van der Waals surface area (Å²) < 4.78 is 5.44. The van der Waals surface area contributed by atoms with Gasteiger partial charge in [0, 0.05) is 0 Å². The average Bonchev–Trinajstić information content (AvgIpc) is 2.88. The summed E-state index contributed by atoms with van der Waals surface area (Å²) in [6, 6.07) is 7.74. The van der Waals surface area contributed by atoms with Crippen molar-refractivity contribution in [2.24, 2.45) is 0 Å². The van der Waals surface area contributed by atoms with Crippen molar-refractivity contribution in [3.63, 3.8) is 0 Å². The molecule has 90 valence electrons. The molecule has 0 amide bonds. The number of rotatable bonds is 6. The van der Waals surface area contributed by atoms with Crippen LogP contribution in [0, 0.1) is 0 Å². The molecule has 0 bridgehead atoms. The Bertz CT molecular complexity index is 444. The van der Waals surface area contributed by atoms with Gasteiger partial charge < -0.3 is 9.84 Å². The number of aliphatic hydroxyl groups excluding tert-OH is 1. The van der Waals surface area contributed by atoms with Gasteiger partial charge in [0.1, 0.15) is 12.4 Å². The van der Waals surface area contributed by atoms with E-state index in [1.807, 2.05) is 24.3 Å². The Morgan fingerprint density at radius 2 is 2.18 bits per heavy atom. The number of aryl methyl sites for hydroxylation is 2. The van der Waals surface area contributed by atoms with E-state index in [0.717, 1.165) is 17.7 Å². The minimum atomic E-state index is 0.0129. The Balaban J connectivity index is 1.99. The summed E-state index contributed by atoms with van der Waals surface area (Å²) in [5, 5.41) is 20.1. The third kappa shape index (κ3) is 3.25. The maximum atomic E-state index is 8.74. The second-order valence-corrected chi connectivity index (χ2v) is 3.46. The molecule has 1 aromatic heterocycles. The molecule has 6 heteroatoms. The standard InChI is InChI=1S/C11H14N4O2/c16-7-8-17-11-4-2-1-3-10(11)5-6-15-13-9-12-14-15/h1-4,9,16H,5-8H2. The summed E-state index contributed by atoms with van der Waals surface area (Å²) in [5.74, 6) is 0.793. The highest BCUT2D eigenvalue weighted by molar-refractivity contribution is 5.33. The van der Waals surface area contributed by atoms with E-state index in [9.17, 15) is 0 Å². The van der Waals surface area contributed by atoms with Crippen molar-refractivity contribution in [2.45, 2.75) is 13.0 Å². The number of ether oxygens (including phenoxy) is 1. The number of tetrazole rings is 1. The second kappa shape index (κ2) is 5.95. The first kappa shape index (κ1) is 11.5. The maximum Gasteiger partial charge on any atom is 0.162 e. The van der Waals surface area contributed by atoms with Gasteiger partial charge in [0.2, 0.25) is 0 Å². The zero-order chi connectivity index (χ0) is 11.9. The van der Waals surface area contributed by atoms with Gasteiger partial charge in [-0.15, -0.1) is 10.2 Å². The predicted octanol–water partition coefficient (Wildman–Crippen LogP) is 0.287. The van der Waals surface area contributed by atoms with Crippen LogP contribution in [-0.2, 0) is 13.0 Å². The van der Waals surface area contributed by atoms with Gasteiger partial charge in [-0.25, -0.2) is 0 Å². The smallest absolute Gasteiger partial charge is 0.162 e. The van der Waals surface area contributed by atoms with Gasteiger partial charge in [-0.3, -0.25) is 0 Å². The Labute approximate surface area is 98.8 Å². The fourth-order valence-corrected chi connectivity index (χ4v) is 1.52. The summed E-state index contributed by atoms with van der Waals surface area (Å²) in [7, 11) is 0. The van der Waals surface area contributed by atoms with Gasteiger partial charge in [0.05, 0.1) is 13.2 Å². The molecule has 1 aromatic carbocycles. The van der Waals surface area contributed by atoms with Gasteiger partial charge in [-0.1, -0.05) is 18.2 Å². The lowest BCUT2D eigenvalue weighted by atomic mass is 10.1. The molecule has 0 fully saturated rings. The first-order valence-corrected chi connectivity index (χ1v) is 5.42. The van der Waals surface area contributed by atoms with E-state index in [1.54, 1.807) is 0 Å². The van der Waals surface area contributed by atoms with E-state index >= 15 is 0 Å². The van der Waals surface area contributed by atoms with Crippen LogP contribution in [-0.4, -0.2) is 38.5 Å². The summed E-state index contributed by atoms with van der Waals surface area (Å²) in [6.07, 6.45) is 2.17. The molecule has 0 aliphatic heterocycles. The van der Waals surface area contributed by atoms with Gasteiger partial charge in [0.15, 0.2) is 6.33 Å². The normalized spacial score (nSPS) is 10.4. The van der Waals surface area contributed by atoms with E-state index < -0.39 is 0 Å². The Kier molecular flexibility index (Phi) is 4.04. The number of hydrogen-bond donors (Lipinski definition) is 1. The molecule has 0 atom stereocenters. The number of nitrogens with zero attached hydrogens (tertiary/aromatic N) is 4. The van der Waals surface area contributed by atoms with E-state index in [-0.39, 0.29) is 6.61 Å². The van der Waals surface area contributed by atoms with E-state index in [0.29, 0.717) is 13.2 Å². The summed E-state index contributed by atoms with van der Waals surface area (Å²) in [4.78, 5) is 1.53. The second-order valence-electron chi connectivity index (χ2n) is 3.46. The molecule has 1 heterocycles. The quantitative estimate of drug-likeness (QED) is 0.777. The number of benzene rings is 1. The Morgan fingerprint density at radius 1 is 1.29 bits per heavy atom. The van der Waals surface area contributed by atoms with Crippen molar-refractivity contribution in [3.8, 4) is 5.75 Å². The zero-order valence-electron chi connectivity index (χ0n) is 9.36. The first-order valence-electron chi connectivity index (χ1n) is 5.42. The number of aliphatic hydroxyl groups is 1. The van der Waals surface area contributed by atoms with E-state index in [2.05, 4.69) is 15.4 Å². The first-order chi connectivity index (χ1) is 8.40. The molecule has 0 saturated heterocycles. The zero-order valence-corrected chi connectivity index (χ0v) is 9.36. The van der Waals surface area contributed by atoms with Crippen LogP contribution in [0.3, 0.4) is 0 Å². The number of para-hydroxylation sites is 1. The average molecular weight is 234 g/mol. The molecule has 0 spiro atoms. The number of aromatic nitrogens is 4. The van der Waals surface area contributed by atoms with Gasteiger partial charge in [0.25, 0.3) is 0 Å². The van der Waals surface area contributed by atoms with Crippen molar-refractivity contribution in [1.82, 2.24) is 20.2 Å². The highest BCUT2D eigenvalue weighted by atomic mass is 16.5. The van der Waals surface area contributed by atoms with E-state index in [4.69, 9.17) is 9.84 Å². The van der Waals surface area contributed by atoms with Crippen molar-refractivity contribution in [1.29, 1.82) is 0 Å². The van der Waals surface area contributed by atoms with Crippen LogP contribution in [0.15, 0.2) is 30.6 Å². The lowest BCUT2D eigenvalue weighted by molar-refractivity contribution is 0.200. The van der Waals surface area contributed by atoms with Gasteiger partial charge >= 0.3 is 0 Å². The molecule has 6 nitrogen and oxygen atoms in total. The minimum Gasteiger partial charge on any atom is -0.491 e. The van der Waals surface area contributed by atoms with Crippen molar-refractivity contribution >= 4 is 0 Å². The van der Waals surface area contributed by atoms with Crippen LogP contribution in [0.4, 0.5) is 0 Å². The largest absolute Gasteiger partial charge is 0.491 e. The fourth-order valence-electron chi connectivity index (χ4n) is 1.52. The molecular formula is C11H14N4O2. The summed E-state index contributed by atoms with van der Waals surface area (Å²) >= 11 is 0. The van der Waals surface area contributed by atoms with Crippen LogP contribution < -0.4 is 4.74 Å². The van der Waals surface area contributed by atoms with Crippen molar-refractivity contribution < 1.29 is 9.84 Å². The highest BCUT2D eigenvalue weighted by Crippen LogP contribution is 2.18. The predicted molar refractivity (Wildman–Crippen MR) is 60.5 cm³/mol. The molecule has 1 N–H and O–H groups in total. The molecule has 0 saturated carbocycles. The molecular weight excluding hydrogens is 220 g/mol. The monoisotopic (exact) mass is 234 g/mol. The lowest BCUT2D eigenvalue weighted by Crippen LogP contribution is -2.08. The van der Waals surface area contributed by atoms with Gasteiger partial charge in [-0.05, 0) is 23.3 Å². The highest BCUT2D eigenvalue weighted by Gasteiger charge is 2.03. The topological polar surface area (TPSA) is 73.1 Å². The van der Waals surface area contributed by atoms with Crippen LogP contribution in [0.2, 0.25) is 0 Å². The molecule has 17 heavy (non-hydrogen) atoms.